The van der Waals surface area contributed by atoms with E-state index in [1.807, 2.05) is 0 Å². The van der Waals surface area contributed by atoms with Gasteiger partial charge in [-0.25, -0.2) is 0 Å². The van der Waals surface area contributed by atoms with Gasteiger partial charge in [0.25, 0.3) is 0 Å². The first-order valence-electron chi connectivity index (χ1n) is 6.56. The third-order valence-electron chi connectivity index (χ3n) is 4.02. The van der Waals surface area contributed by atoms with Crippen LogP contribution in [-0.4, -0.2) is 18.0 Å². The van der Waals surface area contributed by atoms with Crippen molar-refractivity contribution >= 4 is 0 Å². The fourth-order valence-corrected chi connectivity index (χ4v) is 2.78. The first kappa shape index (κ1) is 11.5. The highest BCUT2D eigenvalue weighted by atomic mass is 15.1. The van der Waals surface area contributed by atoms with Gasteiger partial charge in [0.1, 0.15) is 0 Å². The molecule has 1 nitrogen and oxygen atoms in total. The molecular formula is C15H23N. The molecule has 0 spiro atoms. The topological polar surface area (TPSA) is 3.24 Å². The van der Waals surface area contributed by atoms with Crippen molar-refractivity contribution in [3.05, 3.63) is 36.1 Å². The lowest BCUT2D eigenvalue weighted by molar-refractivity contribution is 0.202. The molecule has 0 aromatic rings. The Balaban J connectivity index is 1.92. The van der Waals surface area contributed by atoms with Crippen molar-refractivity contribution in [1.82, 2.24) is 4.90 Å². The normalized spacial score (nSPS) is 22.5. The van der Waals surface area contributed by atoms with Gasteiger partial charge in [-0.15, -0.1) is 0 Å². The van der Waals surface area contributed by atoms with E-state index in [1.165, 1.54) is 37.7 Å². The molecule has 2 rings (SSSR count). The van der Waals surface area contributed by atoms with Crippen LogP contribution < -0.4 is 0 Å². The summed E-state index contributed by atoms with van der Waals surface area (Å²) in [5.41, 5.74) is 1.32. The smallest absolute Gasteiger partial charge is 0.0281 e. The molecule has 0 unspecified atom stereocenters. The van der Waals surface area contributed by atoms with Gasteiger partial charge in [0.15, 0.2) is 0 Å². The van der Waals surface area contributed by atoms with Gasteiger partial charge in [-0.2, -0.15) is 0 Å². The molecule has 1 saturated carbocycles. The van der Waals surface area contributed by atoms with Crippen molar-refractivity contribution in [3.8, 4) is 0 Å². The first-order valence-corrected chi connectivity index (χ1v) is 6.56. The van der Waals surface area contributed by atoms with Crippen molar-refractivity contribution in [1.29, 1.82) is 0 Å². The van der Waals surface area contributed by atoms with Gasteiger partial charge in [-0.1, -0.05) is 43.6 Å². The summed E-state index contributed by atoms with van der Waals surface area (Å²) in [6.07, 6.45) is 18.0. The maximum atomic E-state index is 2.39. The molecule has 0 radical (unpaired) electrons. The quantitative estimate of drug-likeness (QED) is 0.693. The Morgan fingerprint density at radius 3 is 2.44 bits per heavy atom. The van der Waals surface area contributed by atoms with Crippen LogP contribution in [0.3, 0.4) is 0 Å². The summed E-state index contributed by atoms with van der Waals surface area (Å²) < 4.78 is 0. The van der Waals surface area contributed by atoms with Crippen LogP contribution in [0.25, 0.3) is 0 Å². The molecular weight excluding hydrogens is 194 g/mol. The molecule has 0 heterocycles. The van der Waals surface area contributed by atoms with Crippen LogP contribution in [0.2, 0.25) is 0 Å². The molecule has 0 aliphatic heterocycles. The summed E-state index contributed by atoms with van der Waals surface area (Å²) in [5.74, 6) is 0.893. The molecule has 1 fully saturated rings. The summed E-state index contributed by atoms with van der Waals surface area (Å²) in [5, 5.41) is 0. The molecule has 0 bridgehead atoms. The van der Waals surface area contributed by atoms with Crippen LogP contribution in [0.15, 0.2) is 36.1 Å². The molecule has 2 aliphatic carbocycles. The summed E-state index contributed by atoms with van der Waals surface area (Å²) in [4.78, 5) is 2.39. The Hall–Kier alpha value is -0.980. The van der Waals surface area contributed by atoms with Gasteiger partial charge in [0.05, 0.1) is 0 Å². The molecule has 1 heteroatoms. The van der Waals surface area contributed by atoms with E-state index < -0.39 is 0 Å². The molecule has 0 aromatic heterocycles. The minimum absolute atomic E-state index is 0.676. The fraction of sp³-hybridized carbons (Fsp3) is 0.600. The van der Waals surface area contributed by atoms with Crippen LogP contribution in [0, 0.1) is 5.92 Å². The van der Waals surface area contributed by atoms with E-state index in [-0.39, 0.29) is 0 Å². The van der Waals surface area contributed by atoms with Crippen LogP contribution in [0.1, 0.15) is 39.0 Å². The van der Waals surface area contributed by atoms with Crippen molar-refractivity contribution in [2.45, 2.75) is 45.1 Å². The van der Waals surface area contributed by atoms with Gasteiger partial charge in [-0.3, -0.25) is 0 Å². The number of hydrogen-bond acceptors (Lipinski definition) is 1. The summed E-state index contributed by atoms with van der Waals surface area (Å²) in [6.45, 7) is 2.37. The second-order valence-corrected chi connectivity index (χ2v) is 5.15. The van der Waals surface area contributed by atoms with E-state index in [9.17, 15) is 0 Å². The minimum Gasteiger partial charge on any atom is -0.377 e. The number of nitrogens with zero attached hydrogens (tertiary/aromatic N) is 1. The number of allylic oxidation sites excluding steroid dienone is 5. The van der Waals surface area contributed by atoms with Gasteiger partial charge in [0, 0.05) is 19.3 Å². The molecule has 88 valence electrons. The van der Waals surface area contributed by atoms with E-state index >= 15 is 0 Å². The Labute approximate surface area is 99.5 Å². The Morgan fingerprint density at radius 1 is 1.19 bits per heavy atom. The van der Waals surface area contributed by atoms with Gasteiger partial charge in [0.2, 0.25) is 0 Å². The molecule has 0 aromatic carbocycles. The minimum atomic E-state index is 0.676. The highest BCUT2D eigenvalue weighted by molar-refractivity contribution is 5.39. The van der Waals surface area contributed by atoms with E-state index in [1.54, 1.807) is 0 Å². The fourth-order valence-electron chi connectivity index (χ4n) is 2.78. The SMILES string of the molecule is C[C@H](C1CCCCC1)N(C)C=C1C=CC=C1. The van der Waals surface area contributed by atoms with E-state index in [4.69, 9.17) is 0 Å². The monoisotopic (exact) mass is 217 g/mol. The lowest BCUT2D eigenvalue weighted by Gasteiger charge is -2.33. The van der Waals surface area contributed by atoms with Crippen molar-refractivity contribution < 1.29 is 0 Å². The maximum Gasteiger partial charge on any atom is 0.0281 e. The van der Waals surface area contributed by atoms with Gasteiger partial charge in [-0.05, 0) is 31.3 Å². The Bertz CT molecular complexity index is 291. The molecule has 16 heavy (non-hydrogen) atoms. The average Bonchev–Trinajstić information content (AvgIpc) is 2.82. The molecule has 2 aliphatic rings. The molecule has 0 N–H and O–H groups in total. The van der Waals surface area contributed by atoms with Gasteiger partial charge >= 0.3 is 0 Å². The highest BCUT2D eigenvalue weighted by Crippen LogP contribution is 2.28. The maximum absolute atomic E-state index is 2.39. The zero-order valence-corrected chi connectivity index (χ0v) is 10.5. The van der Waals surface area contributed by atoms with Crippen LogP contribution >= 0.6 is 0 Å². The second kappa shape index (κ2) is 5.38. The second-order valence-electron chi connectivity index (χ2n) is 5.15. The zero-order valence-electron chi connectivity index (χ0n) is 10.5. The van der Waals surface area contributed by atoms with Crippen LogP contribution in [0.4, 0.5) is 0 Å². The third kappa shape index (κ3) is 2.78. The zero-order chi connectivity index (χ0) is 11.4. The average molecular weight is 217 g/mol. The molecule has 1 atom stereocenters. The number of rotatable bonds is 3. The van der Waals surface area contributed by atoms with Gasteiger partial charge < -0.3 is 4.90 Å². The highest BCUT2D eigenvalue weighted by Gasteiger charge is 2.21. The predicted molar refractivity (Wildman–Crippen MR) is 70.2 cm³/mol. The molecule has 0 saturated heterocycles. The Morgan fingerprint density at radius 2 is 1.81 bits per heavy atom. The lowest BCUT2D eigenvalue weighted by atomic mass is 9.84. The number of hydrogen-bond donors (Lipinski definition) is 0. The van der Waals surface area contributed by atoms with Crippen molar-refractivity contribution in [2.24, 2.45) is 5.92 Å². The van der Waals surface area contributed by atoms with Crippen molar-refractivity contribution in [2.75, 3.05) is 7.05 Å². The summed E-state index contributed by atoms with van der Waals surface area (Å²) in [6, 6.07) is 0.676. The Kier molecular flexibility index (Phi) is 3.87. The lowest BCUT2D eigenvalue weighted by Crippen LogP contribution is -2.33. The summed E-state index contributed by atoms with van der Waals surface area (Å²) in [7, 11) is 2.21. The van der Waals surface area contributed by atoms with Crippen LogP contribution in [0.5, 0.6) is 0 Å². The summed E-state index contributed by atoms with van der Waals surface area (Å²) >= 11 is 0. The van der Waals surface area contributed by atoms with Crippen LogP contribution in [-0.2, 0) is 0 Å². The third-order valence-corrected chi connectivity index (χ3v) is 4.02. The van der Waals surface area contributed by atoms with E-state index in [2.05, 4.69) is 49.4 Å². The van der Waals surface area contributed by atoms with Crippen molar-refractivity contribution in [3.63, 3.8) is 0 Å². The predicted octanol–water partition coefficient (Wildman–Crippen LogP) is 3.90. The van der Waals surface area contributed by atoms with E-state index in [0.29, 0.717) is 6.04 Å². The largest absolute Gasteiger partial charge is 0.377 e. The molecule has 0 amide bonds. The van der Waals surface area contributed by atoms with E-state index in [0.717, 1.165) is 5.92 Å². The first-order chi connectivity index (χ1) is 7.77. The standard InChI is InChI=1S/C15H23N/c1-13(15-10-4-3-5-11-15)16(2)12-14-8-6-7-9-14/h6-9,12-13,15H,3-5,10-11H2,1-2H3/t13-/m1/s1.